The van der Waals surface area contributed by atoms with Crippen molar-refractivity contribution in [2.75, 3.05) is 6.54 Å². The molecule has 1 aromatic rings. The summed E-state index contributed by atoms with van der Waals surface area (Å²) in [5.74, 6) is -0.271. The normalized spacial score (nSPS) is 35.1. The van der Waals surface area contributed by atoms with E-state index in [-0.39, 0.29) is 12.5 Å². The highest BCUT2D eigenvalue weighted by Gasteiger charge is 2.47. The minimum absolute atomic E-state index is 0.0169. The second kappa shape index (κ2) is 4.20. The van der Waals surface area contributed by atoms with Gasteiger partial charge in [0.15, 0.2) is 0 Å². The number of aliphatic hydroxyl groups is 3. The summed E-state index contributed by atoms with van der Waals surface area (Å²) in [6.45, 7) is 0.0169. The van der Waals surface area contributed by atoms with Crippen LogP contribution in [0.15, 0.2) is 23.4 Å². The van der Waals surface area contributed by atoms with Gasteiger partial charge in [-0.25, -0.2) is 4.98 Å². The molecule has 2 aliphatic rings. The first-order chi connectivity index (χ1) is 8.59. The Labute approximate surface area is 107 Å². The molecule has 3 rings (SSSR count). The maximum absolute atomic E-state index is 12.2. The molecular formula is C11H12N2O4S. The quantitative estimate of drug-likeness (QED) is 0.562. The van der Waals surface area contributed by atoms with Gasteiger partial charge in [-0.15, -0.1) is 0 Å². The summed E-state index contributed by atoms with van der Waals surface area (Å²) in [5, 5.41) is 29.2. The third-order valence-corrected chi connectivity index (χ3v) is 4.55. The lowest BCUT2D eigenvalue weighted by Gasteiger charge is -2.45. The number of hydrogen-bond acceptors (Lipinski definition) is 6. The Morgan fingerprint density at radius 1 is 1.33 bits per heavy atom. The molecule has 1 amide bonds. The lowest BCUT2D eigenvalue weighted by molar-refractivity contribution is -0.109. The Hall–Kier alpha value is -1.15. The van der Waals surface area contributed by atoms with Crippen molar-refractivity contribution in [1.82, 2.24) is 9.88 Å². The summed E-state index contributed by atoms with van der Waals surface area (Å²) in [6.07, 6.45) is -1.97. The van der Waals surface area contributed by atoms with E-state index >= 15 is 0 Å². The average molecular weight is 268 g/mol. The van der Waals surface area contributed by atoms with Gasteiger partial charge in [0.05, 0.1) is 12.1 Å². The van der Waals surface area contributed by atoms with E-state index in [4.69, 9.17) is 0 Å². The third kappa shape index (κ3) is 1.63. The van der Waals surface area contributed by atoms with Crippen LogP contribution in [-0.2, 0) is 0 Å². The van der Waals surface area contributed by atoms with E-state index in [2.05, 4.69) is 4.98 Å². The maximum Gasteiger partial charge on any atom is 0.257 e. The molecule has 0 spiro atoms. The number of thioether (sulfide) groups is 1. The molecule has 4 atom stereocenters. The molecule has 6 nitrogen and oxygen atoms in total. The van der Waals surface area contributed by atoms with Crippen LogP contribution >= 0.6 is 11.8 Å². The molecule has 96 valence electrons. The van der Waals surface area contributed by atoms with E-state index in [1.54, 1.807) is 18.3 Å². The summed E-state index contributed by atoms with van der Waals surface area (Å²) in [7, 11) is 0. The van der Waals surface area contributed by atoms with Gasteiger partial charge >= 0.3 is 0 Å². The Bertz CT molecular complexity index is 498. The van der Waals surface area contributed by atoms with Gasteiger partial charge in [-0.2, -0.15) is 0 Å². The average Bonchev–Trinajstić information content (AvgIpc) is 2.38. The molecule has 3 N–H and O–H groups in total. The van der Waals surface area contributed by atoms with E-state index in [0.717, 1.165) is 0 Å². The minimum Gasteiger partial charge on any atom is -0.388 e. The van der Waals surface area contributed by atoms with Crippen LogP contribution in [0, 0.1) is 0 Å². The summed E-state index contributed by atoms with van der Waals surface area (Å²) in [5.41, 5.74) is 0.467. The first kappa shape index (κ1) is 11.9. The van der Waals surface area contributed by atoms with Crippen LogP contribution in [0.3, 0.4) is 0 Å². The fraction of sp³-hybridized carbons (Fsp3) is 0.455. The summed E-state index contributed by atoms with van der Waals surface area (Å²) < 4.78 is 0. The van der Waals surface area contributed by atoms with Crippen molar-refractivity contribution in [2.45, 2.75) is 28.7 Å². The Balaban J connectivity index is 2.01. The van der Waals surface area contributed by atoms with Crippen LogP contribution in [0.2, 0.25) is 0 Å². The van der Waals surface area contributed by atoms with Gasteiger partial charge in [0.1, 0.15) is 28.7 Å². The molecule has 1 fully saturated rings. The lowest BCUT2D eigenvalue weighted by atomic mass is 10.0. The molecule has 7 heteroatoms. The highest BCUT2D eigenvalue weighted by Crippen LogP contribution is 2.38. The maximum atomic E-state index is 12.2. The number of hydrogen-bond donors (Lipinski definition) is 3. The van der Waals surface area contributed by atoms with Crippen LogP contribution in [0.4, 0.5) is 0 Å². The van der Waals surface area contributed by atoms with Crippen LogP contribution < -0.4 is 0 Å². The fourth-order valence-electron chi connectivity index (χ4n) is 2.24. The first-order valence-electron chi connectivity index (χ1n) is 5.56. The van der Waals surface area contributed by atoms with E-state index in [0.29, 0.717) is 10.6 Å². The van der Waals surface area contributed by atoms with Crippen molar-refractivity contribution >= 4 is 17.7 Å². The number of fused-ring (bicyclic) bond motifs is 2. The predicted octanol–water partition coefficient (Wildman–Crippen LogP) is -0.948. The van der Waals surface area contributed by atoms with Gasteiger partial charge in [0, 0.05) is 6.20 Å². The molecule has 1 aromatic heterocycles. The molecule has 0 saturated carbocycles. The van der Waals surface area contributed by atoms with Crippen molar-refractivity contribution in [3.8, 4) is 0 Å². The summed E-state index contributed by atoms with van der Waals surface area (Å²) in [6, 6.07) is 3.33. The summed E-state index contributed by atoms with van der Waals surface area (Å²) in [4.78, 5) is 17.7. The number of carbonyl (C=O) groups excluding carboxylic acids is 1. The van der Waals surface area contributed by atoms with Gasteiger partial charge in [-0.1, -0.05) is 11.8 Å². The molecular weight excluding hydrogens is 256 g/mol. The van der Waals surface area contributed by atoms with Gasteiger partial charge in [0.2, 0.25) is 0 Å². The predicted molar refractivity (Wildman–Crippen MR) is 62.9 cm³/mol. The Morgan fingerprint density at radius 3 is 2.89 bits per heavy atom. The van der Waals surface area contributed by atoms with E-state index in [1.165, 1.54) is 16.7 Å². The SMILES string of the molecule is O=C1c2cccnc2S[C@@H]2[C@H](O)[C@@H](O)[C@H](O)CN12. The minimum atomic E-state index is -1.24. The highest BCUT2D eigenvalue weighted by atomic mass is 32.2. The van der Waals surface area contributed by atoms with Crippen LogP contribution in [0.1, 0.15) is 10.4 Å². The van der Waals surface area contributed by atoms with Crippen molar-refractivity contribution in [1.29, 1.82) is 0 Å². The molecule has 18 heavy (non-hydrogen) atoms. The van der Waals surface area contributed by atoms with Gasteiger partial charge in [0.25, 0.3) is 5.91 Å². The second-order valence-corrected chi connectivity index (χ2v) is 5.48. The molecule has 1 saturated heterocycles. The Morgan fingerprint density at radius 2 is 2.11 bits per heavy atom. The van der Waals surface area contributed by atoms with Crippen LogP contribution in [0.25, 0.3) is 0 Å². The molecule has 0 aromatic carbocycles. The zero-order valence-corrected chi connectivity index (χ0v) is 10.1. The number of aromatic nitrogens is 1. The van der Waals surface area contributed by atoms with Crippen molar-refractivity contribution < 1.29 is 20.1 Å². The first-order valence-corrected chi connectivity index (χ1v) is 6.44. The number of pyridine rings is 1. The van der Waals surface area contributed by atoms with Gasteiger partial charge in [-0.05, 0) is 12.1 Å². The van der Waals surface area contributed by atoms with Crippen molar-refractivity contribution in [2.24, 2.45) is 0 Å². The zero-order chi connectivity index (χ0) is 12.9. The van der Waals surface area contributed by atoms with Crippen molar-refractivity contribution in [3.05, 3.63) is 23.9 Å². The monoisotopic (exact) mass is 268 g/mol. The van der Waals surface area contributed by atoms with Crippen LogP contribution in [0.5, 0.6) is 0 Å². The zero-order valence-electron chi connectivity index (χ0n) is 9.30. The number of piperidine rings is 1. The van der Waals surface area contributed by atoms with E-state index in [9.17, 15) is 20.1 Å². The van der Waals surface area contributed by atoms with Gasteiger partial charge < -0.3 is 20.2 Å². The number of carbonyl (C=O) groups is 1. The second-order valence-electron chi connectivity index (χ2n) is 4.37. The number of nitrogens with zero attached hydrogens (tertiary/aromatic N) is 2. The van der Waals surface area contributed by atoms with E-state index in [1.807, 2.05) is 0 Å². The van der Waals surface area contributed by atoms with Gasteiger partial charge in [-0.3, -0.25) is 4.79 Å². The van der Waals surface area contributed by atoms with Crippen LogP contribution in [-0.4, -0.2) is 61.3 Å². The Kier molecular flexibility index (Phi) is 2.78. The molecule has 0 radical (unpaired) electrons. The summed E-state index contributed by atoms with van der Waals surface area (Å²) >= 11 is 1.23. The third-order valence-electron chi connectivity index (χ3n) is 3.22. The number of aliphatic hydroxyl groups excluding tert-OH is 3. The lowest BCUT2D eigenvalue weighted by Crippen LogP contribution is -2.62. The fourth-order valence-corrected chi connectivity index (χ4v) is 3.48. The standard InChI is InChI=1S/C11H12N2O4S/c14-6-4-13-10(17)5-2-1-3-12-9(5)18-11(13)8(16)7(6)15/h1-3,6-8,11,14-16H,4H2/t6-,7+,8-,11-/m1/s1. The molecule has 0 bridgehead atoms. The molecule has 3 heterocycles. The molecule has 0 unspecified atom stereocenters. The van der Waals surface area contributed by atoms with E-state index < -0.39 is 23.7 Å². The number of amides is 1. The smallest absolute Gasteiger partial charge is 0.257 e. The largest absolute Gasteiger partial charge is 0.388 e. The molecule has 0 aliphatic carbocycles. The van der Waals surface area contributed by atoms with Crippen molar-refractivity contribution in [3.63, 3.8) is 0 Å². The highest BCUT2D eigenvalue weighted by molar-refractivity contribution is 8.00. The molecule has 2 aliphatic heterocycles. The number of rotatable bonds is 0. The topological polar surface area (TPSA) is 93.9 Å².